The van der Waals surface area contributed by atoms with Gasteiger partial charge in [0.15, 0.2) is 0 Å². The second kappa shape index (κ2) is 11.8. The van der Waals surface area contributed by atoms with E-state index in [2.05, 4.69) is 70.1 Å². The molecule has 0 fully saturated rings. The van der Waals surface area contributed by atoms with Gasteiger partial charge in [0.2, 0.25) is 5.88 Å². The zero-order chi connectivity index (χ0) is 24.8. The van der Waals surface area contributed by atoms with E-state index in [4.69, 9.17) is 14.6 Å². The number of hydrazone groups is 1. The van der Waals surface area contributed by atoms with E-state index in [0.717, 1.165) is 50.9 Å². The number of hydrogen-bond donors (Lipinski definition) is 3. The summed E-state index contributed by atoms with van der Waals surface area (Å²) < 4.78 is 12.5. The van der Waals surface area contributed by atoms with Gasteiger partial charge in [-0.1, -0.05) is 46.9 Å². The smallest absolute Gasteiger partial charge is 0.213 e. The molecule has 1 aromatic heterocycles. The minimum atomic E-state index is -0.891. The van der Waals surface area contributed by atoms with Crippen LogP contribution in [0, 0.1) is 13.8 Å². The Morgan fingerprint density at radius 1 is 1.06 bits per heavy atom. The highest BCUT2D eigenvalue weighted by atomic mass is 127. The van der Waals surface area contributed by atoms with E-state index < -0.39 is 6.10 Å². The average molecular weight is 587 g/mol. The lowest BCUT2D eigenvalue weighted by atomic mass is 9.90. The number of rotatable bonds is 12. The molecule has 1 atom stereocenters. The first-order chi connectivity index (χ1) is 17.0. The summed E-state index contributed by atoms with van der Waals surface area (Å²) in [5.41, 5.74) is 10.9. The maximum absolute atomic E-state index is 9.61. The highest BCUT2D eigenvalue weighted by Crippen LogP contribution is 2.36. The van der Waals surface area contributed by atoms with Crippen molar-refractivity contribution in [3.8, 4) is 22.8 Å². The monoisotopic (exact) mass is 587 g/mol. The molecule has 2 aromatic carbocycles. The van der Waals surface area contributed by atoms with E-state index in [1.165, 1.54) is 11.1 Å². The van der Waals surface area contributed by atoms with Gasteiger partial charge < -0.3 is 19.7 Å². The van der Waals surface area contributed by atoms with E-state index in [1.54, 1.807) is 0 Å². The molecule has 0 bridgehead atoms. The molecule has 0 aliphatic carbocycles. The minimum absolute atomic E-state index is 0.0589. The number of aliphatic hydroxyl groups excluding tert-OH is 2. The second-order valence-corrected chi connectivity index (χ2v) is 9.37. The molecule has 3 aromatic rings. The van der Waals surface area contributed by atoms with Gasteiger partial charge in [-0.2, -0.15) is 5.10 Å². The molecule has 2 heterocycles. The van der Waals surface area contributed by atoms with Gasteiger partial charge in [-0.25, -0.2) is 4.98 Å². The van der Waals surface area contributed by atoms with Crippen LogP contribution in [0.15, 0.2) is 53.8 Å². The third-order valence-electron chi connectivity index (χ3n) is 6.00. The molecular formula is C27H30IN3O4. The predicted molar refractivity (Wildman–Crippen MR) is 145 cm³/mol. The van der Waals surface area contributed by atoms with E-state index in [1.807, 2.05) is 30.5 Å². The number of pyridine rings is 1. The summed E-state index contributed by atoms with van der Waals surface area (Å²) in [5.74, 6) is 2.35. The lowest BCUT2D eigenvalue weighted by Gasteiger charge is -2.19. The summed E-state index contributed by atoms with van der Waals surface area (Å²) in [4.78, 5) is 4.46. The van der Waals surface area contributed by atoms with Crippen molar-refractivity contribution in [2.45, 2.75) is 43.8 Å². The highest BCUT2D eigenvalue weighted by molar-refractivity contribution is 14.1. The number of aliphatic hydroxyl groups is 2. The highest BCUT2D eigenvalue weighted by Gasteiger charge is 2.15. The van der Waals surface area contributed by atoms with Gasteiger partial charge in [-0.15, -0.1) is 0 Å². The van der Waals surface area contributed by atoms with Crippen LogP contribution in [0.4, 0.5) is 0 Å². The third-order valence-corrected chi connectivity index (χ3v) is 6.82. The van der Waals surface area contributed by atoms with Crippen LogP contribution in [-0.2, 0) is 17.5 Å². The van der Waals surface area contributed by atoms with Crippen molar-refractivity contribution >= 4 is 28.4 Å². The molecule has 1 aliphatic rings. The maximum atomic E-state index is 9.61. The summed E-state index contributed by atoms with van der Waals surface area (Å²) >= 11 is 2.36. The molecule has 184 valence electrons. The van der Waals surface area contributed by atoms with E-state index >= 15 is 0 Å². The number of ether oxygens (including phenoxy) is 2. The Kier molecular flexibility index (Phi) is 8.59. The molecular weight excluding hydrogens is 557 g/mol. The van der Waals surface area contributed by atoms with Crippen LogP contribution in [0.25, 0.3) is 11.1 Å². The van der Waals surface area contributed by atoms with Crippen molar-refractivity contribution < 1.29 is 19.7 Å². The fourth-order valence-electron chi connectivity index (χ4n) is 3.96. The molecule has 1 aliphatic heterocycles. The van der Waals surface area contributed by atoms with Crippen molar-refractivity contribution in [2.75, 3.05) is 13.2 Å². The van der Waals surface area contributed by atoms with Crippen molar-refractivity contribution in [3.05, 3.63) is 76.5 Å². The van der Waals surface area contributed by atoms with Gasteiger partial charge in [0.25, 0.3) is 0 Å². The molecule has 0 radical (unpaired) electrons. The summed E-state index contributed by atoms with van der Waals surface area (Å²) in [5, 5.41) is 22.6. The van der Waals surface area contributed by atoms with Crippen LogP contribution in [0.2, 0.25) is 0 Å². The fourth-order valence-corrected chi connectivity index (χ4v) is 4.57. The van der Waals surface area contributed by atoms with Crippen molar-refractivity contribution in [3.63, 3.8) is 0 Å². The van der Waals surface area contributed by atoms with Crippen LogP contribution in [0.1, 0.15) is 34.2 Å². The molecule has 0 saturated heterocycles. The topological polar surface area (TPSA) is 106 Å². The van der Waals surface area contributed by atoms with E-state index in [9.17, 15) is 5.11 Å². The number of halogens is 1. The number of aryl methyl sites for hydroxylation is 2. The molecule has 0 unspecified atom stereocenters. The zero-order valence-electron chi connectivity index (χ0n) is 19.9. The second-order valence-electron chi connectivity index (χ2n) is 8.61. The number of hydrogen-bond acceptors (Lipinski definition) is 7. The first-order valence-corrected chi connectivity index (χ1v) is 13.1. The van der Waals surface area contributed by atoms with Crippen LogP contribution < -0.4 is 14.9 Å². The van der Waals surface area contributed by atoms with Gasteiger partial charge >= 0.3 is 0 Å². The largest absolute Gasteiger partial charge is 0.491 e. The minimum Gasteiger partial charge on any atom is -0.491 e. The Hall–Kier alpha value is -2.69. The van der Waals surface area contributed by atoms with E-state index in [0.29, 0.717) is 18.2 Å². The van der Waals surface area contributed by atoms with Gasteiger partial charge in [0, 0.05) is 23.1 Å². The van der Waals surface area contributed by atoms with Gasteiger partial charge in [-0.05, 0) is 71.3 Å². The Bertz CT molecular complexity index is 1200. The normalized spacial score (nSPS) is 13.1. The Balaban J connectivity index is 1.48. The maximum Gasteiger partial charge on any atom is 0.213 e. The van der Waals surface area contributed by atoms with E-state index in [-0.39, 0.29) is 13.2 Å². The van der Waals surface area contributed by atoms with Crippen LogP contribution >= 0.6 is 22.6 Å². The summed E-state index contributed by atoms with van der Waals surface area (Å²) in [6.45, 7) is 4.37. The van der Waals surface area contributed by atoms with Crippen LogP contribution in [0.5, 0.6) is 11.6 Å². The predicted octanol–water partition coefficient (Wildman–Crippen LogP) is 4.46. The quantitative estimate of drug-likeness (QED) is 0.214. The number of aromatic nitrogens is 1. The standard InChI is InChI=1S/C27H30IN3O4/c1-17-10-23(34-16-22(33)14-32)11-21(12-28)27(17)24-5-3-4-20(18(24)2)15-35-26-9-7-19(13-29-26)6-8-25-30-31-25/h3-5,7,9-11,13,22,32-33H,6,8,12,14-16H2,1-2H3,(H,30,31)/t22-/m0/s1. The Morgan fingerprint density at radius 3 is 2.57 bits per heavy atom. The van der Waals surface area contributed by atoms with Crippen molar-refractivity contribution in [1.29, 1.82) is 0 Å². The summed E-state index contributed by atoms with van der Waals surface area (Å²) in [6.07, 6.45) is 2.79. The van der Waals surface area contributed by atoms with Crippen molar-refractivity contribution in [1.82, 2.24) is 10.4 Å². The van der Waals surface area contributed by atoms with Gasteiger partial charge in [0.05, 0.1) is 6.61 Å². The molecule has 35 heavy (non-hydrogen) atoms. The Morgan fingerprint density at radius 2 is 1.89 bits per heavy atom. The number of nitrogens with zero attached hydrogens (tertiary/aromatic N) is 2. The third kappa shape index (κ3) is 6.71. The SMILES string of the molecule is Cc1cc(OC[C@@H](O)CO)cc(CI)c1-c1cccc(COc2ccc(CCC3=NN3)cn2)c1C. The Labute approximate surface area is 219 Å². The molecule has 3 N–H and O–H groups in total. The fraction of sp³-hybridized carbons (Fsp3) is 0.333. The average Bonchev–Trinajstić information content (AvgIpc) is 3.70. The van der Waals surface area contributed by atoms with Crippen LogP contribution in [0.3, 0.4) is 0 Å². The summed E-state index contributed by atoms with van der Waals surface area (Å²) in [7, 11) is 0. The number of benzene rings is 2. The number of alkyl halides is 1. The van der Waals surface area contributed by atoms with Crippen LogP contribution in [-0.4, -0.2) is 40.4 Å². The molecule has 8 heteroatoms. The molecule has 0 saturated carbocycles. The molecule has 4 rings (SSSR count). The molecule has 0 amide bonds. The number of amidine groups is 1. The first-order valence-electron chi connectivity index (χ1n) is 11.6. The zero-order valence-corrected chi connectivity index (χ0v) is 22.1. The lowest BCUT2D eigenvalue weighted by Crippen LogP contribution is -2.21. The molecule has 0 spiro atoms. The number of nitrogens with one attached hydrogen (secondary N) is 1. The first kappa shape index (κ1) is 25.4. The van der Waals surface area contributed by atoms with Crippen molar-refractivity contribution in [2.24, 2.45) is 5.10 Å². The molecule has 7 nitrogen and oxygen atoms in total. The summed E-state index contributed by atoms with van der Waals surface area (Å²) in [6, 6.07) is 14.2. The van der Waals surface area contributed by atoms with Gasteiger partial charge in [-0.3, -0.25) is 5.43 Å². The van der Waals surface area contributed by atoms with Gasteiger partial charge in [0.1, 0.15) is 30.9 Å². The lowest BCUT2D eigenvalue weighted by molar-refractivity contribution is 0.0536.